The minimum Gasteiger partial charge on any atom is -0.494 e. The molecule has 1 unspecified atom stereocenters. The summed E-state index contributed by atoms with van der Waals surface area (Å²) in [5.74, 6) is 6.60. The summed E-state index contributed by atoms with van der Waals surface area (Å²) < 4.78 is 5.79. The second-order valence-corrected chi connectivity index (χ2v) is 5.20. The summed E-state index contributed by atoms with van der Waals surface area (Å²) in [7, 11) is 0. The van der Waals surface area contributed by atoms with E-state index in [4.69, 9.17) is 10.6 Å². The van der Waals surface area contributed by atoms with Gasteiger partial charge in [0.2, 0.25) is 0 Å². The van der Waals surface area contributed by atoms with Crippen LogP contribution in [-0.2, 0) is 0 Å². The second kappa shape index (κ2) is 7.31. The normalized spacial score (nSPS) is 16.8. The van der Waals surface area contributed by atoms with Crippen molar-refractivity contribution in [1.29, 1.82) is 0 Å². The number of aryl methyl sites for hydroxylation is 1. The van der Waals surface area contributed by atoms with Crippen molar-refractivity contribution in [2.45, 2.75) is 45.1 Å². The number of rotatable bonds is 6. The molecule has 3 N–H and O–H groups in total. The highest BCUT2D eigenvalue weighted by Gasteiger charge is 2.14. The van der Waals surface area contributed by atoms with E-state index in [9.17, 15) is 0 Å². The van der Waals surface area contributed by atoms with Crippen molar-refractivity contribution in [1.82, 2.24) is 5.43 Å². The molecule has 3 nitrogen and oxygen atoms in total. The Morgan fingerprint density at radius 2 is 2.26 bits per heavy atom. The number of hydrogen-bond donors (Lipinski definition) is 2. The van der Waals surface area contributed by atoms with Crippen LogP contribution in [0, 0.1) is 6.92 Å². The van der Waals surface area contributed by atoms with Crippen LogP contribution in [0.2, 0.25) is 0 Å². The molecule has 0 radical (unpaired) electrons. The zero-order valence-corrected chi connectivity index (χ0v) is 11.7. The molecule has 0 aromatic heterocycles. The van der Waals surface area contributed by atoms with Crippen LogP contribution in [0.25, 0.3) is 0 Å². The molecule has 3 heteroatoms. The summed E-state index contributed by atoms with van der Waals surface area (Å²) in [5, 5.41) is 0. The molecule has 1 aromatic rings. The van der Waals surface area contributed by atoms with Crippen LogP contribution >= 0.6 is 0 Å². The number of hydrazine groups is 1. The Balaban J connectivity index is 1.81. The lowest BCUT2D eigenvalue weighted by Crippen LogP contribution is -2.38. The van der Waals surface area contributed by atoms with Crippen molar-refractivity contribution in [3.05, 3.63) is 41.5 Å². The molecule has 0 heterocycles. The predicted molar refractivity (Wildman–Crippen MR) is 79.0 cm³/mol. The van der Waals surface area contributed by atoms with Gasteiger partial charge in [0.25, 0.3) is 0 Å². The molecular weight excluding hydrogens is 236 g/mol. The predicted octanol–water partition coefficient (Wildman–Crippen LogP) is 3.10. The van der Waals surface area contributed by atoms with E-state index in [1.165, 1.54) is 36.8 Å². The molecule has 0 bridgehead atoms. The highest BCUT2D eigenvalue weighted by atomic mass is 16.5. The monoisotopic (exact) mass is 260 g/mol. The average Bonchev–Trinajstić information content (AvgIpc) is 2.45. The number of ether oxygens (including phenoxy) is 1. The number of benzene rings is 1. The van der Waals surface area contributed by atoms with Crippen molar-refractivity contribution < 1.29 is 4.74 Å². The van der Waals surface area contributed by atoms with E-state index in [0.29, 0.717) is 6.61 Å². The molecular formula is C16H24N2O. The third-order valence-corrected chi connectivity index (χ3v) is 3.64. The van der Waals surface area contributed by atoms with Crippen molar-refractivity contribution in [2.75, 3.05) is 6.61 Å². The minimum absolute atomic E-state index is 0.255. The average molecular weight is 260 g/mol. The van der Waals surface area contributed by atoms with Crippen LogP contribution < -0.4 is 16.0 Å². The summed E-state index contributed by atoms with van der Waals surface area (Å²) >= 11 is 0. The van der Waals surface area contributed by atoms with E-state index in [2.05, 4.69) is 30.6 Å². The molecule has 2 rings (SSSR count). The van der Waals surface area contributed by atoms with Crippen LogP contribution in [0.15, 0.2) is 35.9 Å². The fraction of sp³-hybridized carbons (Fsp3) is 0.500. The molecule has 1 aromatic carbocycles. The van der Waals surface area contributed by atoms with Crippen molar-refractivity contribution in [3.8, 4) is 5.75 Å². The van der Waals surface area contributed by atoms with E-state index in [0.717, 1.165) is 12.2 Å². The van der Waals surface area contributed by atoms with Crippen molar-refractivity contribution >= 4 is 0 Å². The summed E-state index contributed by atoms with van der Waals surface area (Å²) in [6, 6.07) is 8.41. The quantitative estimate of drug-likeness (QED) is 0.469. The molecule has 19 heavy (non-hydrogen) atoms. The van der Waals surface area contributed by atoms with E-state index in [1.807, 2.05) is 12.1 Å². The molecule has 0 aliphatic heterocycles. The first-order chi connectivity index (χ1) is 9.29. The first-order valence-electron chi connectivity index (χ1n) is 7.14. The van der Waals surface area contributed by atoms with Gasteiger partial charge in [-0.05, 0) is 50.3 Å². The van der Waals surface area contributed by atoms with Gasteiger partial charge in [-0.1, -0.05) is 23.8 Å². The standard InChI is InChI=1S/C16H24N2O/c1-13-6-5-9-15(12-13)19-11-10-16(18-17)14-7-3-2-4-8-14/h5-7,9,12,16,18H,2-4,8,10-11,17H2,1H3. The third-order valence-electron chi connectivity index (χ3n) is 3.64. The number of nitrogens with one attached hydrogen (secondary N) is 1. The van der Waals surface area contributed by atoms with Crippen molar-refractivity contribution in [2.24, 2.45) is 5.84 Å². The molecule has 0 amide bonds. The Bertz CT molecular complexity index is 429. The van der Waals surface area contributed by atoms with Gasteiger partial charge < -0.3 is 4.74 Å². The van der Waals surface area contributed by atoms with Crippen LogP contribution in [0.1, 0.15) is 37.7 Å². The molecule has 1 aliphatic rings. The number of hydrogen-bond acceptors (Lipinski definition) is 3. The maximum Gasteiger partial charge on any atom is 0.119 e. The van der Waals surface area contributed by atoms with Gasteiger partial charge >= 0.3 is 0 Å². The highest BCUT2D eigenvalue weighted by molar-refractivity contribution is 5.27. The molecule has 0 saturated carbocycles. The molecule has 0 saturated heterocycles. The van der Waals surface area contributed by atoms with E-state index >= 15 is 0 Å². The smallest absolute Gasteiger partial charge is 0.119 e. The van der Waals surface area contributed by atoms with Gasteiger partial charge in [-0.25, -0.2) is 0 Å². The van der Waals surface area contributed by atoms with Gasteiger partial charge in [-0.15, -0.1) is 0 Å². The summed E-state index contributed by atoms with van der Waals surface area (Å²) in [6.45, 7) is 2.76. The Hall–Kier alpha value is -1.32. The van der Waals surface area contributed by atoms with Gasteiger partial charge in [0.05, 0.1) is 6.61 Å². The Kier molecular flexibility index (Phi) is 5.43. The van der Waals surface area contributed by atoms with Crippen LogP contribution in [-0.4, -0.2) is 12.6 Å². The lowest BCUT2D eigenvalue weighted by Gasteiger charge is -2.22. The number of allylic oxidation sites excluding steroid dienone is 1. The topological polar surface area (TPSA) is 47.3 Å². The van der Waals surface area contributed by atoms with E-state index < -0.39 is 0 Å². The zero-order chi connectivity index (χ0) is 13.5. The minimum atomic E-state index is 0.255. The molecule has 1 atom stereocenters. The first-order valence-corrected chi connectivity index (χ1v) is 7.14. The molecule has 1 aliphatic carbocycles. The van der Waals surface area contributed by atoms with Crippen LogP contribution in [0.4, 0.5) is 0 Å². The van der Waals surface area contributed by atoms with Gasteiger partial charge in [0.1, 0.15) is 5.75 Å². The first kappa shape index (κ1) is 14.1. The van der Waals surface area contributed by atoms with Gasteiger partial charge in [-0.2, -0.15) is 0 Å². The summed E-state index contributed by atoms with van der Waals surface area (Å²) in [4.78, 5) is 0. The van der Waals surface area contributed by atoms with E-state index in [1.54, 1.807) is 0 Å². The summed E-state index contributed by atoms with van der Waals surface area (Å²) in [5.41, 5.74) is 5.59. The fourth-order valence-electron chi connectivity index (χ4n) is 2.55. The lowest BCUT2D eigenvalue weighted by molar-refractivity contribution is 0.292. The van der Waals surface area contributed by atoms with Crippen LogP contribution in [0.5, 0.6) is 5.75 Å². The van der Waals surface area contributed by atoms with Gasteiger partial charge in [0, 0.05) is 12.5 Å². The Morgan fingerprint density at radius 1 is 1.37 bits per heavy atom. The van der Waals surface area contributed by atoms with Gasteiger partial charge in [0.15, 0.2) is 0 Å². The Morgan fingerprint density at radius 3 is 2.95 bits per heavy atom. The fourth-order valence-corrected chi connectivity index (χ4v) is 2.55. The lowest BCUT2D eigenvalue weighted by atomic mass is 9.93. The zero-order valence-electron chi connectivity index (χ0n) is 11.7. The molecule has 0 spiro atoms. The maximum absolute atomic E-state index is 5.79. The maximum atomic E-state index is 5.79. The highest BCUT2D eigenvalue weighted by Crippen LogP contribution is 2.22. The SMILES string of the molecule is Cc1cccc(OCCC(NN)C2=CCCCC2)c1. The third kappa shape index (κ3) is 4.37. The summed E-state index contributed by atoms with van der Waals surface area (Å²) in [6.07, 6.45) is 8.19. The van der Waals surface area contributed by atoms with E-state index in [-0.39, 0.29) is 6.04 Å². The van der Waals surface area contributed by atoms with Crippen molar-refractivity contribution in [3.63, 3.8) is 0 Å². The van der Waals surface area contributed by atoms with Gasteiger partial charge in [-0.3, -0.25) is 11.3 Å². The second-order valence-electron chi connectivity index (χ2n) is 5.20. The number of nitrogens with two attached hydrogens (primary N) is 1. The Labute approximate surface area is 115 Å². The van der Waals surface area contributed by atoms with Crippen LogP contribution in [0.3, 0.4) is 0 Å². The largest absolute Gasteiger partial charge is 0.494 e. The molecule has 0 fully saturated rings. The molecule has 104 valence electrons.